The molecule has 60 heavy (non-hydrogen) atoms. The van der Waals surface area contributed by atoms with Gasteiger partial charge < -0.3 is 27.9 Å². The van der Waals surface area contributed by atoms with Crippen LogP contribution in [-0.2, 0) is 32.7 Å². The topological polar surface area (TPSA) is 111 Å². The number of phosphoric ester groups is 1. The van der Waals surface area contributed by atoms with Gasteiger partial charge in [-0.3, -0.25) is 14.2 Å². The summed E-state index contributed by atoms with van der Waals surface area (Å²) in [6, 6.07) is 0. The Kier molecular flexibility index (Phi) is 39.6. The molecule has 0 radical (unpaired) electrons. The third kappa shape index (κ3) is 44.7. The van der Waals surface area contributed by atoms with E-state index in [0.717, 1.165) is 64.2 Å². The lowest BCUT2D eigenvalue weighted by Gasteiger charge is -2.28. The first-order valence-electron chi connectivity index (χ1n) is 23.3. The van der Waals surface area contributed by atoms with Gasteiger partial charge in [-0.1, -0.05) is 157 Å². The maximum atomic E-state index is 12.7. The largest absolute Gasteiger partial charge is 0.756 e. The number of ether oxygens (including phenoxy) is 2. The normalized spacial score (nSPS) is 14.3. The standard InChI is InChI=1S/C50H86NO8P/c1-6-8-10-12-14-16-18-20-22-24-25-27-28-30-32-34-36-38-40-42-49(52)56-46-48(47-58-60(54,55)57-45-44-51(3,4)5)59-50(53)43-41-39-37-35-33-31-29-26-23-21-19-17-15-13-11-9-7-2/h9,11,14-17,20-23,29,31,35,37,48H,6-8,10,12-13,18-19,24-28,30,32-34,36,38-47H2,1-5H3/b11-9-,16-14-,17-15-,22-20-,23-21-,31-29-,37-35-. The molecule has 9 nitrogen and oxygen atoms in total. The highest BCUT2D eigenvalue weighted by molar-refractivity contribution is 7.45. The summed E-state index contributed by atoms with van der Waals surface area (Å²) in [4.78, 5) is 37.6. The molecule has 0 heterocycles. The molecule has 0 aliphatic heterocycles. The SMILES string of the molecule is CC/C=C\C/C=C\C/C=C\C/C=C\C/C=C\CCCC(=O)OC(COC(=O)CCCCCCCCCCC/C=C\C/C=C\CCCCC)COP(=O)([O-])OCC[N+](C)(C)C. The Morgan fingerprint density at radius 3 is 1.47 bits per heavy atom. The average Bonchev–Trinajstić information content (AvgIpc) is 3.20. The van der Waals surface area contributed by atoms with Gasteiger partial charge in [-0.15, -0.1) is 0 Å². The van der Waals surface area contributed by atoms with Crippen molar-refractivity contribution in [3.8, 4) is 0 Å². The number of unbranched alkanes of at least 4 members (excludes halogenated alkanes) is 13. The maximum absolute atomic E-state index is 12.7. The number of likely N-dealkylation sites (N-methyl/N-ethyl adjacent to an activating group) is 1. The van der Waals surface area contributed by atoms with Crippen LogP contribution in [0, 0.1) is 0 Å². The van der Waals surface area contributed by atoms with Crippen molar-refractivity contribution in [1.29, 1.82) is 0 Å². The first-order valence-corrected chi connectivity index (χ1v) is 24.8. The predicted octanol–water partition coefficient (Wildman–Crippen LogP) is 12.9. The highest BCUT2D eigenvalue weighted by Crippen LogP contribution is 2.38. The van der Waals surface area contributed by atoms with Gasteiger partial charge in [-0.2, -0.15) is 0 Å². The van der Waals surface area contributed by atoms with Gasteiger partial charge in [0.1, 0.15) is 19.8 Å². The minimum absolute atomic E-state index is 0.0465. The molecule has 0 spiro atoms. The molecule has 0 saturated heterocycles. The first-order chi connectivity index (χ1) is 29.0. The minimum atomic E-state index is -4.65. The molecule has 0 bridgehead atoms. The first kappa shape index (κ1) is 57.2. The van der Waals surface area contributed by atoms with E-state index in [1.807, 2.05) is 27.2 Å². The third-order valence-corrected chi connectivity index (χ3v) is 10.4. The van der Waals surface area contributed by atoms with Crippen LogP contribution in [0.2, 0.25) is 0 Å². The number of quaternary nitrogens is 1. The lowest BCUT2D eigenvalue weighted by Crippen LogP contribution is -2.37. The smallest absolute Gasteiger partial charge is 0.306 e. The zero-order chi connectivity index (χ0) is 44.3. The molecule has 0 N–H and O–H groups in total. The molecular formula is C50H86NO8P. The number of phosphoric acid groups is 1. The van der Waals surface area contributed by atoms with Gasteiger partial charge in [-0.05, 0) is 83.5 Å². The number of carbonyl (C=O) groups is 2. The van der Waals surface area contributed by atoms with Crippen molar-refractivity contribution in [1.82, 2.24) is 0 Å². The molecule has 0 saturated carbocycles. The van der Waals surface area contributed by atoms with E-state index in [1.165, 1.54) is 57.8 Å². The maximum Gasteiger partial charge on any atom is 0.306 e. The molecule has 2 atom stereocenters. The van der Waals surface area contributed by atoms with Crippen LogP contribution in [0.3, 0.4) is 0 Å². The zero-order valence-corrected chi connectivity index (χ0v) is 39.5. The fourth-order valence-electron chi connectivity index (χ4n) is 5.78. The molecule has 0 aromatic rings. The Morgan fingerprint density at radius 1 is 0.533 bits per heavy atom. The van der Waals surface area contributed by atoms with Gasteiger partial charge in [0.25, 0.3) is 7.82 Å². The highest BCUT2D eigenvalue weighted by atomic mass is 31.2. The van der Waals surface area contributed by atoms with Crippen molar-refractivity contribution < 1.29 is 42.1 Å². The average molecular weight is 860 g/mol. The Balaban J connectivity index is 4.42. The van der Waals surface area contributed by atoms with Crippen LogP contribution in [0.25, 0.3) is 0 Å². The summed E-state index contributed by atoms with van der Waals surface area (Å²) in [5, 5.41) is 0. The lowest BCUT2D eigenvalue weighted by molar-refractivity contribution is -0.870. The Bertz CT molecular complexity index is 1290. The van der Waals surface area contributed by atoms with Crippen LogP contribution < -0.4 is 4.89 Å². The van der Waals surface area contributed by atoms with Gasteiger partial charge in [0, 0.05) is 12.8 Å². The van der Waals surface area contributed by atoms with Gasteiger partial charge in [0.05, 0.1) is 27.7 Å². The fourth-order valence-corrected chi connectivity index (χ4v) is 6.51. The van der Waals surface area contributed by atoms with Crippen molar-refractivity contribution in [3.63, 3.8) is 0 Å². The van der Waals surface area contributed by atoms with Crippen molar-refractivity contribution >= 4 is 19.8 Å². The van der Waals surface area contributed by atoms with Crippen LogP contribution in [0.5, 0.6) is 0 Å². The summed E-state index contributed by atoms with van der Waals surface area (Å²) in [7, 11) is 1.11. The molecule has 0 aliphatic carbocycles. The lowest BCUT2D eigenvalue weighted by atomic mass is 10.1. The molecule has 0 aromatic heterocycles. The van der Waals surface area contributed by atoms with E-state index >= 15 is 0 Å². The van der Waals surface area contributed by atoms with Crippen LogP contribution >= 0.6 is 7.82 Å². The monoisotopic (exact) mass is 860 g/mol. The van der Waals surface area contributed by atoms with Crippen LogP contribution in [0.15, 0.2) is 85.1 Å². The van der Waals surface area contributed by atoms with Crippen molar-refractivity contribution in [2.75, 3.05) is 47.5 Å². The zero-order valence-electron chi connectivity index (χ0n) is 38.6. The number of rotatable bonds is 41. The van der Waals surface area contributed by atoms with Gasteiger partial charge in [0.15, 0.2) is 6.10 Å². The number of carbonyl (C=O) groups excluding carboxylic acids is 2. The second-order valence-corrected chi connectivity index (χ2v) is 17.8. The minimum Gasteiger partial charge on any atom is -0.756 e. The van der Waals surface area contributed by atoms with Crippen LogP contribution in [0.4, 0.5) is 0 Å². The molecule has 344 valence electrons. The number of esters is 2. The van der Waals surface area contributed by atoms with Crippen molar-refractivity contribution in [2.24, 2.45) is 0 Å². The molecule has 10 heteroatoms. The van der Waals surface area contributed by atoms with E-state index in [2.05, 4.69) is 92.8 Å². The van der Waals surface area contributed by atoms with Gasteiger partial charge >= 0.3 is 11.9 Å². The Labute approximate surface area is 367 Å². The predicted molar refractivity (Wildman–Crippen MR) is 249 cm³/mol. The molecule has 0 fully saturated rings. The van der Waals surface area contributed by atoms with E-state index in [-0.39, 0.29) is 26.1 Å². The van der Waals surface area contributed by atoms with Crippen LogP contribution in [-0.4, -0.2) is 70.0 Å². The molecule has 0 aliphatic rings. The van der Waals surface area contributed by atoms with Crippen molar-refractivity contribution in [2.45, 2.75) is 174 Å². The number of allylic oxidation sites excluding steroid dienone is 14. The summed E-state index contributed by atoms with van der Waals surface area (Å²) in [5.74, 6) is -0.914. The summed E-state index contributed by atoms with van der Waals surface area (Å²) >= 11 is 0. The van der Waals surface area contributed by atoms with Crippen molar-refractivity contribution in [3.05, 3.63) is 85.1 Å². The Morgan fingerprint density at radius 2 is 0.967 bits per heavy atom. The van der Waals surface area contributed by atoms with E-state index in [1.54, 1.807) is 0 Å². The van der Waals surface area contributed by atoms with E-state index in [0.29, 0.717) is 30.3 Å². The molecule has 0 aromatic carbocycles. The second kappa shape index (κ2) is 41.5. The number of hydrogen-bond acceptors (Lipinski definition) is 8. The van der Waals surface area contributed by atoms with E-state index in [4.69, 9.17) is 18.5 Å². The van der Waals surface area contributed by atoms with Crippen LogP contribution in [0.1, 0.15) is 168 Å². The van der Waals surface area contributed by atoms with E-state index < -0.39 is 32.5 Å². The second-order valence-electron chi connectivity index (χ2n) is 16.4. The third-order valence-electron chi connectivity index (χ3n) is 9.40. The molecule has 2 unspecified atom stereocenters. The summed E-state index contributed by atoms with van der Waals surface area (Å²) < 4.78 is 33.9. The number of nitrogens with zero attached hydrogens (tertiary/aromatic N) is 1. The number of hydrogen-bond donors (Lipinski definition) is 0. The van der Waals surface area contributed by atoms with E-state index in [9.17, 15) is 19.0 Å². The summed E-state index contributed by atoms with van der Waals surface area (Å²) in [6.07, 6.45) is 53.3. The molecule has 0 amide bonds. The van der Waals surface area contributed by atoms with Gasteiger partial charge in [-0.25, -0.2) is 0 Å². The van der Waals surface area contributed by atoms with Gasteiger partial charge in [0.2, 0.25) is 0 Å². The summed E-state index contributed by atoms with van der Waals surface area (Å²) in [5.41, 5.74) is 0. The molecule has 0 rings (SSSR count). The summed E-state index contributed by atoms with van der Waals surface area (Å²) in [6.45, 7) is 4.00. The quantitative estimate of drug-likeness (QED) is 0.0196. The highest BCUT2D eigenvalue weighted by Gasteiger charge is 2.21. The Hall–Kier alpha value is -2.81. The molecular weight excluding hydrogens is 774 g/mol. The fraction of sp³-hybridized carbons (Fsp3) is 0.680.